The van der Waals surface area contributed by atoms with Crippen molar-refractivity contribution in [3.63, 3.8) is 0 Å². The van der Waals surface area contributed by atoms with E-state index in [1.807, 2.05) is 6.92 Å². The Kier molecular flexibility index (Phi) is 9.17. The van der Waals surface area contributed by atoms with Crippen LogP contribution in [0.4, 0.5) is 0 Å². The first-order chi connectivity index (χ1) is 17.9. The van der Waals surface area contributed by atoms with E-state index in [2.05, 4.69) is 14.7 Å². The maximum atomic E-state index is 13.6. The summed E-state index contributed by atoms with van der Waals surface area (Å²) in [4.78, 5) is 45.2. The summed E-state index contributed by atoms with van der Waals surface area (Å²) in [5, 5.41) is 19.7. The molecule has 2 aromatic rings. The molecule has 3 atom stereocenters. The average molecular weight is 550 g/mol. The molecule has 0 aliphatic carbocycles. The molecule has 1 aliphatic heterocycles. The van der Waals surface area contributed by atoms with Crippen molar-refractivity contribution in [1.82, 2.24) is 20.0 Å². The van der Waals surface area contributed by atoms with E-state index >= 15 is 0 Å². The highest BCUT2D eigenvalue weighted by Crippen LogP contribution is 2.26. The van der Waals surface area contributed by atoms with Crippen molar-refractivity contribution in [1.29, 1.82) is 0 Å². The van der Waals surface area contributed by atoms with Crippen molar-refractivity contribution in [2.45, 2.75) is 56.5 Å². The molecule has 0 unspecified atom stereocenters. The molecule has 38 heavy (non-hydrogen) atoms. The Hall–Kier alpha value is -3.85. The van der Waals surface area contributed by atoms with E-state index in [-0.39, 0.29) is 43.2 Å². The van der Waals surface area contributed by atoms with E-state index in [1.165, 1.54) is 11.0 Å². The van der Waals surface area contributed by atoms with Gasteiger partial charge in [-0.05, 0) is 62.3 Å². The minimum atomic E-state index is -4.25. The Morgan fingerprint density at radius 2 is 2.13 bits per heavy atom. The number of sulfonamides is 1. The van der Waals surface area contributed by atoms with Gasteiger partial charge in [-0.3, -0.25) is 9.78 Å². The summed E-state index contributed by atoms with van der Waals surface area (Å²) in [6.07, 6.45) is 2.53. The van der Waals surface area contributed by atoms with Crippen LogP contribution in [-0.2, 0) is 19.6 Å². The van der Waals surface area contributed by atoms with Gasteiger partial charge in [0.25, 0.3) is 5.96 Å². The molecule has 0 bridgehead atoms. The SMILES string of the molecule is Cc1cnc2cccc(S(=O)(=O)N[C@@H](CCCN=C(N)N[N+](=O)[O-])C(=O)N3CC[C@@H](C)C[C@@H]3C(=O)O)c2c1. The minimum absolute atomic E-state index is 0.0328. The van der Waals surface area contributed by atoms with Gasteiger partial charge in [0, 0.05) is 24.7 Å². The van der Waals surface area contributed by atoms with Crippen molar-refractivity contribution in [3.8, 4) is 0 Å². The fraction of sp³-hybridized carbons (Fsp3) is 0.478. The summed E-state index contributed by atoms with van der Waals surface area (Å²) in [6.45, 7) is 3.81. The lowest BCUT2D eigenvalue weighted by Gasteiger charge is -2.38. The number of nitrogens with zero attached hydrogens (tertiary/aromatic N) is 4. The molecule has 3 rings (SSSR count). The fourth-order valence-corrected chi connectivity index (χ4v) is 5.84. The molecule has 0 radical (unpaired) electrons. The molecule has 0 saturated carbocycles. The van der Waals surface area contributed by atoms with Gasteiger partial charge in [-0.1, -0.05) is 18.4 Å². The number of hydrazine groups is 1. The number of fused-ring (bicyclic) bond motifs is 1. The average Bonchev–Trinajstić information content (AvgIpc) is 2.84. The molecule has 206 valence electrons. The largest absolute Gasteiger partial charge is 0.480 e. The number of aliphatic carboxylic acids is 1. The summed E-state index contributed by atoms with van der Waals surface area (Å²) in [5.74, 6) is -2.17. The van der Waals surface area contributed by atoms with Gasteiger partial charge in [0.15, 0.2) is 5.03 Å². The number of hydrogen-bond donors (Lipinski definition) is 4. The van der Waals surface area contributed by atoms with Crippen LogP contribution < -0.4 is 15.9 Å². The molecule has 5 N–H and O–H groups in total. The van der Waals surface area contributed by atoms with Gasteiger partial charge in [0.05, 0.1) is 10.4 Å². The molecule has 1 saturated heterocycles. The molecule has 0 spiro atoms. The number of carboxylic acids is 1. The third kappa shape index (κ3) is 7.13. The third-order valence-electron chi connectivity index (χ3n) is 6.28. The van der Waals surface area contributed by atoms with E-state index in [1.54, 1.807) is 36.7 Å². The number of carboxylic acid groups (broad SMARTS) is 1. The van der Waals surface area contributed by atoms with Crippen molar-refractivity contribution in [3.05, 3.63) is 46.1 Å². The Morgan fingerprint density at radius 1 is 1.39 bits per heavy atom. The molecule has 1 amide bonds. The van der Waals surface area contributed by atoms with Crippen LogP contribution in [0, 0.1) is 23.0 Å². The van der Waals surface area contributed by atoms with E-state index in [0.29, 0.717) is 17.3 Å². The molecule has 2 heterocycles. The summed E-state index contributed by atoms with van der Waals surface area (Å²) < 4.78 is 29.5. The van der Waals surface area contributed by atoms with Crippen LogP contribution in [-0.4, -0.2) is 71.4 Å². The van der Waals surface area contributed by atoms with Gasteiger partial charge >= 0.3 is 5.97 Å². The first kappa shape index (κ1) is 28.7. The van der Waals surface area contributed by atoms with Gasteiger partial charge in [0.1, 0.15) is 12.1 Å². The van der Waals surface area contributed by atoms with Crippen LogP contribution in [0.15, 0.2) is 40.4 Å². The van der Waals surface area contributed by atoms with Crippen LogP contribution in [0.3, 0.4) is 0 Å². The molecular weight excluding hydrogens is 518 g/mol. The minimum Gasteiger partial charge on any atom is -0.480 e. The predicted octanol–water partition coefficient (Wildman–Crippen LogP) is 0.778. The van der Waals surface area contributed by atoms with E-state index in [4.69, 9.17) is 5.73 Å². The molecule has 1 aliphatic rings. The van der Waals surface area contributed by atoms with Gasteiger partial charge in [-0.2, -0.15) is 4.72 Å². The topological polar surface area (TPSA) is 210 Å². The van der Waals surface area contributed by atoms with Crippen LogP contribution in [0.25, 0.3) is 10.9 Å². The number of piperidine rings is 1. The van der Waals surface area contributed by atoms with Gasteiger partial charge < -0.3 is 15.7 Å². The Morgan fingerprint density at radius 3 is 2.82 bits per heavy atom. The number of benzene rings is 1. The van der Waals surface area contributed by atoms with Crippen molar-refractivity contribution in [2.24, 2.45) is 16.6 Å². The number of carbonyl (C=O) groups excluding carboxylic acids is 1. The number of likely N-dealkylation sites (tertiary alicyclic amines) is 1. The molecule has 1 fully saturated rings. The summed E-state index contributed by atoms with van der Waals surface area (Å²) in [7, 11) is -4.25. The standard InChI is InChI=1S/C23H31N7O7S/c1-14-8-10-29(19(12-14)22(32)33)21(31)18(6-4-9-25-23(24)27-30(34)35)28-38(36,37)20-7-3-5-17-16(20)11-15(2)13-26-17/h3,5,7,11,13-14,18-19,28H,4,6,8-10,12H2,1-2H3,(H,32,33)(H3,24,25,27)/t14-,18+,19-/m1/s1. The van der Waals surface area contributed by atoms with Gasteiger partial charge in [0.2, 0.25) is 15.9 Å². The summed E-state index contributed by atoms with van der Waals surface area (Å²) in [6, 6.07) is 3.92. The number of rotatable bonds is 10. The fourth-order valence-electron chi connectivity index (χ4n) is 4.41. The highest BCUT2D eigenvalue weighted by atomic mass is 32.2. The second-order valence-corrected chi connectivity index (χ2v) is 11.0. The number of pyridine rings is 1. The van der Waals surface area contributed by atoms with Crippen molar-refractivity contribution >= 4 is 38.8 Å². The number of nitro groups is 1. The second kappa shape index (κ2) is 12.1. The van der Waals surface area contributed by atoms with Crippen molar-refractivity contribution < 1.29 is 28.1 Å². The van der Waals surface area contributed by atoms with Crippen LogP contribution >= 0.6 is 0 Å². The highest BCUT2D eigenvalue weighted by molar-refractivity contribution is 7.89. The number of aromatic nitrogens is 1. The quantitative estimate of drug-likeness (QED) is 0.107. The number of aliphatic imine (C=N–C) groups is 1. The van der Waals surface area contributed by atoms with E-state index in [9.17, 15) is 33.2 Å². The van der Waals surface area contributed by atoms with Crippen LogP contribution in [0.1, 0.15) is 38.2 Å². The zero-order chi connectivity index (χ0) is 28.0. The smallest absolute Gasteiger partial charge is 0.326 e. The number of amides is 1. The molecule has 14 nitrogen and oxygen atoms in total. The number of guanidine groups is 1. The molecular formula is C23H31N7O7S. The predicted molar refractivity (Wildman–Crippen MR) is 138 cm³/mol. The Labute approximate surface area is 219 Å². The zero-order valence-electron chi connectivity index (χ0n) is 21.0. The van der Waals surface area contributed by atoms with Gasteiger partial charge in [-0.15, -0.1) is 0 Å². The molecule has 1 aromatic heterocycles. The third-order valence-corrected chi connectivity index (χ3v) is 7.81. The van der Waals surface area contributed by atoms with Crippen LogP contribution in [0.5, 0.6) is 0 Å². The van der Waals surface area contributed by atoms with Crippen molar-refractivity contribution in [2.75, 3.05) is 13.1 Å². The normalized spacial score (nSPS) is 19.2. The number of nitrogens with one attached hydrogen (secondary N) is 2. The zero-order valence-corrected chi connectivity index (χ0v) is 21.8. The maximum absolute atomic E-state index is 13.6. The maximum Gasteiger partial charge on any atom is 0.326 e. The monoisotopic (exact) mass is 549 g/mol. The van der Waals surface area contributed by atoms with E-state index in [0.717, 1.165) is 5.56 Å². The van der Waals surface area contributed by atoms with Crippen LogP contribution in [0.2, 0.25) is 0 Å². The first-order valence-electron chi connectivity index (χ1n) is 12.0. The Balaban J connectivity index is 1.90. The number of nitrogens with two attached hydrogens (primary N) is 1. The van der Waals surface area contributed by atoms with E-state index < -0.39 is 45.0 Å². The Bertz CT molecular complexity index is 1350. The molecule has 15 heteroatoms. The lowest BCUT2D eigenvalue weighted by molar-refractivity contribution is -0.525. The lowest BCUT2D eigenvalue weighted by Crippen LogP contribution is -2.56. The first-order valence-corrected chi connectivity index (χ1v) is 13.5. The second-order valence-electron chi connectivity index (χ2n) is 9.30. The summed E-state index contributed by atoms with van der Waals surface area (Å²) >= 11 is 0. The number of hydrogen-bond acceptors (Lipinski definition) is 8. The summed E-state index contributed by atoms with van der Waals surface area (Å²) in [5.41, 5.74) is 8.32. The lowest BCUT2D eigenvalue weighted by atomic mass is 9.91. The number of carbonyl (C=O) groups is 2. The highest BCUT2D eigenvalue weighted by Gasteiger charge is 2.39. The number of aryl methyl sites for hydroxylation is 1. The van der Waals surface area contributed by atoms with Gasteiger partial charge in [-0.25, -0.2) is 28.3 Å². The molecule has 1 aromatic carbocycles.